The molecule has 0 saturated heterocycles. The Kier molecular flexibility index (Phi) is 8.00. The molecule has 0 aliphatic carbocycles. The zero-order valence-corrected chi connectivity index (χ0v) is 30.7. The van der Waals surface area contributed by atoms with Crippen LogP contribution in [0.15, 0.2) is 176 Å². The van der Waals surface area contributed by atoms with E-state index in [1.807, 2.05) is 120 Å². The third-order valence-corrected chi connectivity index (χ3v) is 11.0. The molecule has 10 rings (SSSR count). The maximum atomic E-state index is 14.4. The molecule has 58 heavy (non-hydrogen) atoms. The summed E-state index contributed by atoms with van der Waals surface area (Å²) in [4.78, 5) is 0. The normalized spacial score (nSPS) is 11.7. The molecule has 0 bridgehead atoms. The van der Waals surface area contributed by atoms with Gasteiger partial charge in [0, 0.05) is 27.1 Å². The summed E-state index contributed by atoms with van der Waals surface area (Å²) >= 11 is 0. The fourth-order valence-corrected chi connectivity index (χ4v) is 8.42. The number of alkyl halides is 3. The van der Waals surface area contributed by atoms with E-state index in [4.69, 9.17) is 0 Å². The average molecular weight is 755 g/mol. The molecular formula is C51H29F3N4. The monoisotopic (exact) mass is 754 g/mol. The third kappa shape index (κ3) is 5.52. The van der Waals surface area contributed by atoms with Crippen molar-refractivity contribution in [3.8, 4) is 56.9 Å². The standard InChI is InChI=1S/C51H29F3N4/c52-51(53,54)38-26-32(30-55)25-37(27-38)39-21-24-49(57-45-17-9-7-15-40(45)42-28-35(19-22-47(42)57)33-11-3-1-4-12-33)44(31-56)50(39)58-46-18-10-8-16-41(46)43-29-36(20-23-48(43)58)34-13-5-2-6-14-34/h1-29H. The van der Waals surface area contributed by atoms with Gasteiger partial charge >= 0.3 is 6.18 Å². The number of nitriles is 2. The van der Waals surface area contributed by atoms with Crippen LogP contribution in [-0.4, -0.2) is 9.13 Å². The van der Waals surface area contributed by atoms with Gasteiger partial charge in [-0.05, 0) is 88.5 Å². The molecule has 0 spiro atoms. The Morgan fingerprint density at radius 2 is 0.931 bits per heavy atom. The molecule has 0 aliphatic heterocycles. The smallest absolute Gasteiger partial charge is 0.308 e. The number of nitrogens with zero attached hydrogens (tertiary/aromatic N) is 4. The molecule has 8 aromatic carbocycles. The van der Waals surface area contributed by atoms with E-state index in [2.05, 4.69) is 53.1 Å². The lowest BCUT2D eigenvalue weighted by molar-refractivity contribution is -0.137. The van der Waals surface area contributed by atoms with Crippen molar-refractivity contribution in [2.24, 2.45) is 0 Å². The van der Waals surface area contributed by atoms with Gasteiger partial charge in [0.25, 0.3) is 0 Å². The van der Waals surface area contributed by atoms with E-state index in [1.54, 1.807) is 6.07 Å². The second kappa shape index (κ2) is 13.4. The molecule has 7 heteroatoms. The summed E-state index contributed by atoms with van der Waals surface area (Å²) in [5.41, 5.74) is 8.18. The average Bonchev–Trinajstić information content (AvgIpc) is 3.78. The van der Waals surface area contributed by atoms with Crippen molar-refractivity contribution in [1.29, 1.82) is 10.5 Å². The zero-order valence-electron chi connectivity index (χ0n) is 30.7. The predicted molar refractivity (Wildman–Crippen MR) is 226 cm³/mol. The molecule has 4 nitrogen and oxygen atoms in total. The SMILES string of the molecule is N#Cc1cc(-c2ccc(-n3c4ccccc4c4cc(-c5ccccc5)ccc43)c(C#N)c2-n2c3ccccc3c3cc(-c4ccccc4)ccc32)cc(C(F)(F)F)c1. The topological polar surface area (TPSA) is 57.4 Å². The molecule has 0 N–H and O–H groups in total. The second-order valence-corrected chi connectivity index (χ2v) is 14.3. The van der Waals surface area contributed by atoms with Crippen molar-refractivity contribution in [2.45, 2.75) is 6.18 Å². The summed E-state index contributed by atoms with van der Waals surface area (Å²) in [7, 11) is 0. The highest BCUT2D eigenvalue weighted by Gasteiger charge is 2.32. The number of para-hydroxylation sites is 2. The molecule has 0 saturated carbocycles. The zero-order chi connectivity index (χ0) is 39.5. The Labute approximate surface area is 331 Å². The van der Waals surface area contributed by atoms with Crippen LogP contribution in [0.4, 0.5) is 13.2 Å². The van der Waals surface area contributed by atoms with Crippen molar-refractivity contribution >= 4 is 43.6 Å². The van der Waals surface area contributed by atoms with Gasteiger partial charge in [-0.1, -0.05) is 115 Å². The first-order chi connectivity index (χ1) is 28.3. The quantitative estimate of drug-likeness (QED) is 0.176. The summed E-state index contributed by atoms with van der Waals surface area (Å²) in [6.07, 6.45) is -4.71. The van der Waals surface area contributed by atoms with Crippen LogP contribution in [0.2, 0.25) is 0 Å². The molecule has 0 amide bonds. The van der Waals surface area contributed by atoms with Crippen molar-refractivity contribution in [3.63, 3.8) is 0 Å². The molecule has 0 aliphatic rings. The van der Waals surface area contributed by atoms with E-state index in [9.17, 15) is 23.7 Å². The van der Waals surface area contributed by atoms with E-state index < -0.39 is 11.7 Å². The van der Waals surface area contributed by atoms with Gasteiger partial charge in [0.2, 0.25) is 0 Å². The van der Waals surface area contributed by atoms with Crippen molar-refractivity contribution < 1.29 is 13.2 Å². The number of hydrogen-bond acceptors (Lipinski definition) is 2. The number of halogens is 3. The largest absolute Gasteiger partial charge is 0.416 e. The number of hydrogen-bond donors (Lipinski definition) is 0. The molecule has 274 valence electrons. The van der Waals surface area contributed by atoms with Gasteiger partial charge in [-0.2, -0.15) is 23.7 Å². The molecule has 0 unspecified atom stereocenters. The number of rotatable bonds is 5. The first-order valence-corrected chi connectivity index (χ1v) is 18.7. The van der Waals surface area contributed by atoms with Gasteiger partial charge in [0.15, 0.2) is 0 Å². The third-order valence-electron chi connectivity index (χ3n) is 11.0. The number of aromatic nitrogens is 2. The van der Waals surface area contributed by atoms with Crippen LogP contribution in [-0.2, 0) is 6.18 Å². The lowest BCUT2D eigenvalue weighted by Gasteiger charge is -2.21. The maximum Gasteiger partial charge on any atom is 0.416 e. The minimum Gasteiger partial charge on any atom is -0.308 e. The van der Waals surface area contributed by atoms with Crippen LogP contribution in [0.5, 0.6) is 0 Å². The highest BCUT2D eigenvalue weighted by Crippen LogP contribution is 2.44. The minimum atomic E-state index is -4.71. The van der Waals surface area contributed by atoms with Crippen LogP contribution >= 0.6 is 0 Å². The van der Waals surface area contributed by atoms with Gasteiger partial charge in [0.05, 0.1) is 50.6 Å². The first-order valence-electron chi connectivity index (χ1n) is 18.7. The van der Waals surface area contributed by atoms with Gasteiger partial charge < -0.3 is 9.13 Å². The second-order valence-electron chi connectivity index (χ2n) is 14.3. The van der Waals surface area contributed by atoms with E-state index in [0.29, 0.717) is 16.9 Å². The van der Waals surface area contributed by atoms with Gasteiger partial charge in [-0.25, -0.2) is 0 Å². The molecule has 10 aromatic rings. The Morgan fingerprint density at radius 1 is 0.414 bits per heavy atom. The molecule has 0 radical (unpaired) electrons. The van der Waals surface area contributed by atoms with Crippen molar-refractivity contribution in [2.75, 3.05) is 0 Å². The van der Waals surface area contributed by atoms with Gasteiger partial charge in [0.1, 0.15) is 11.6 Å². The van der Waals surface area contributed by atoms with E-state index in [0.717, 1.165) is 78.0 Å². The Hall–Kier alpha value is -7.87. The van der Waals surface area contributed by atoms with Crippen LogP contribution in [0.25, 0.3) is 88.4 Å². The summed E-state index contributed by atoms with van der Waals surface area (Å²) in [6.45, 7) is 0. The summed E-state index contributed by atoms with van der Waals surface area (Å²) in [6, 6.07) is 59.9. The van der Waals surface area contributed by atoms with Gasteiger partial charge in [-0.3, -0.25) is 0 Å². The first kappa shape index (κ1) is 34.6. The Bertz CT molecular complexity index is 3340. The highest BCUT2D eigenvalue weighted by atomic mass is 19.4. The summed E-state index contributed by atoms with van der Waals surface area (Å²) in [5.74, 6) is 0. The fraction of sp³-hybridized carbons (Fsp3) is 0.0196. The number of fused-ring (bicyclic) bond motifs is 6. The summed E-state index contributed by atoms with van der Waals surface area (Å²) in [5, 5.41) is 25.2. The van der Waals surface area contributed by atoms with E-state index in [1.165, 1.54) is 6.07 Å². The Balaban J connectivity index is 1.33. The molecule has 2 heterocycles. The maximum absolute atomic E-state index is 14.4. The van der Waals surface area contributed by atoms with Crippen LogP contribution in [0, 0.1) is 22.7 Å². The molecule has 0 fully saturated rings. The molecule has 0 atom stereocenters. The lowest BCUT2D eigenvalue weighted by Crippen LogP contribution is -2.08. The van der Waals surface area contributed by atoms with Crippen LogP contribution < -0.4 is 0 Å². The Morgan fingerprint density at radius 3 is 1.48 bits per heavy atom. The summed E-state index contributed by atoms with van der Waals surface area (Å²) < 4.78 is 47.3. The van der Waals surface area contributed by atoms with Crippen LogP contribution in [0.3, 0.4) is 0 Å². The van der Waals surface area contributed by atoms with Crippen molar-refractivity contribution in [3.05, 3.63) is 193 Å². The van der Waals surface area contributed by atoms with Gasteiger partial charge in [-0.15, -0.1) is 0 Å². The number of benzene rings is 8. The highest BCUT2D eigenvalue weighted by molar-refractivity contribution is 6.13. The predicted octanol–water partition coefficient (Wildman–Crippen LogP) is 13.6. The lowest BCUT2D eigenvalue weighted by atomic mass is 9.95. The minimum absolute atomic E-state index is 0.135. The molecule has 2 aromatic heterocycles. The van der Waals surface area contributed by atoms with E-state index >= 15 is 0 Å². The van der Waals surface area contributed by atoms with Crippen LogP contribution in [0.1, 0.15) is 16.7 Å². The van der Waals surface area contributed by atoms with E-state index in [-0.39, 0.29) is 16.7 Å². The van der Waals surface area contributed by atoms with Crippen molar-refractivity contribution in [1.82, 2.24) is 9.13 Å². The molecular weight excluding hydrogens is 726 g/mol. The fourth-order valence-electron chi connectivity index (χ4n) is 8.42.